The van der Waals surface area contributed by atoms with E-state index in [4.69, 9.17) is 4.74 Å². The number of methoxy groups -OCH3 is 1. The van der Waals surface area contributed by atoms with E-state index in [2.05, 4.69) is 21.8 Å². The number of ether oxygens (including phenoxy) is 2. The number of rotatable bonds is 6. The molecule has 1 aromatic carbocycles. The summed E-state index contributed by atoms with van der Waals surface area (Å²) in [5.74, 6) is -1.64. The largest absolute Gasteiger partial charge is 0.466 e. The smallest absolute Gasteiger partial charge is 0.331 e. The average Bonchev–Trinajstić information content (AvgIpc) is 2.65. The molecule has 0 spiro atoms. The number of piperazine rings is 1. The number of carbonyl (C=O) groups excluding carboxylic acids is 3. The monoisotopic (exact) mass is 346 g/mol. The van der Waals surface area contributed by atoms with Crippen LogP contribution in [0.1, 0.15) is 5.56 Å². The van der Waals surface area contributed by atoms with Crippen molar-refractivity contribution in [2.24, 2.45) is 0 Å². The molecule has 1 aliphatic rings. The number of carbonyl (C=O) groups is 3. The molecule has 7 heteroatoms. The minimum absolute atomic E-state index is 0.237. The highest BCUT2D eigenvalue weighted by atomic mass is 16.5. The van der Waals surface area contributed by atoms with Crippen molar-refractivity contribution in [2.75, 3.05) is 39.9 Å². The highest BCUT2D eigenvalue weighted by molar-refractivity contribution is 5.92. The van der Waals surface area contributed by atoms with Crippen molar-refractivity contribution in [2.45, 2.75) is 6.54 Å². The molecule has 2 rings (SSSR count). The van der Waals surface area contributed by atoms with E-state index < -0.39 is 11.9 Å². The zero-order valence-electron chi connectivity index (χ0n) is 14.2. The van der Waals surface area contributed by atoms with Gasteiger partial charge in [-0.25, -0.2) is 9.59 Å². The summed E-state index contributed by atoms with van der Waals surface area (Å²) >= 11 is 0. The van der Waals surface area contributed by atoms with Crippen LogP contribution in [0.25, 0.3) is 0 Å². The van der Waals surface area contributed by atoms with E-state index >= 15 is 0 Å². The Hall–Kier alpha value is -2.67. The third-order valence-corrected chi connectivity index (χ3v) is 3.87. The van der Waals surface area contributed by atoms with Crippen LogP contribution in [0.5, 0.6) is 0 Å². The fourth-order valence-corrected chi connectivity index (χ4v) is 2.47. The second-order valence-corrected chi connectivity index (χ2v) is 5.61. The van der Waals surface area contributed by atoms with Gasteiger partial charge in [-0.2, -0.15) is 0 Å². The van der Waals surface area contributed by atoms with Crippen molar-refractivity contribution in [1.29, 1.82) is 0 Å². The zero-order chi connectivity index (χ0) is 18.1. The maximum atomic E-state index is 12.1. The standard InChI is InChI=1S/C18H22N2O5/c1-24-17(22)7-8-18(23)25-14-16(21)20-11-9-19(10-12-20)13-15-5-3-2-4-6-15/h2-8H,9-14H2,1H3/b8-7+. The molecular formula is C18H22N2O5. The summed E-state index contributed by atoms with van der Waals surface area (Å²) in [7, 11) is 1.21. The third kappa shape index (κ3) is 6.39. The van der Waals surface area contributed by atoms with E-state index in [9.17, 15) is 14.4 Å². The van der Waals surface area contributed by atoms with Gasteiger partial charge in [0.25, 0.3) is 5.91 Å². The fraction of sp³-hybridized carbons (Fsp3) is 0.389. The minimum atomic E-state index is -0.749. The van der Waals surface area contributed by atoms with Crippen LogP contribution in [-0.4, -0.2) is 67.5 Å². The van der Waals surface area contributed by atoms with E-state index in [1.54, 1.807) is 4.90 Å². The zero-order valence-corrected chi connectivity index (χ0v) is 14.2. The highest BCUT2D eigenvalue weighted by Crippen LogP contribution is 2.08. The number of benzene rings is 1. The van der Waals surface area contributed by atoms with Crippen LogP contribution in [0.15, 0.2) is 42.5 Å². The van der Waals surface area contributed by atoms with E-state index in [0.29, 0.717) is 13.1 Å². The van der Waals surface area contributed by atoms with Crippen molar-refractivity contribution in [3.63, 3.8) is 0 Å². The Kier molecular flexibility index (Phi) is 7.16. The molecule has 7 nitrogen and oxygen atoms in total. The molecule has 1 aromatic rings. The van der Waals surface area contributed by atoms with Crippen LogP contribution in [0.4, 0.5) is 0 Å². The summed E-state index contributed by atoms with van der Waals surface area (Å²) in [6, 6.07) is 10.2. The Morgan fingerprint density at radius 1 is 1.00 bits per heavy atom. The first kappa shape index (κ1) is 18.7. The highest BCUT2D eigenvalue weighted by Gasteiger charge is 2.21. The molecule has 0 N–H and O–H groups in total. The van der Waals surface area contributed by atoms with Gasteiger partial charge in [-0.1, -0.05) is 30.3 Å². The Balaban J connectivity index is 1.69. The van der Waals surface area contributed by atoms with Gasteiger partial charge in [-0.3, -0.25) is 9.69 Å². The lowest BCUT2D eigenvalue weighted by atomic mass is 10.2. The predicted molar refractivity (Wildman–Crippen MR) is 90.4 cm³/mol. The van der Waals surface area contributed by atoms with Gasteiger partial charge >= 0.3 is 11.9 Å². The van der Waals surface area contributed by atoms with Gasteiger partial charge in [0.1, 0.15) is 0 Å². The Labute approximate surface area is 146 Å². The Bertz CT molecular complexity index is 622. The second-order valence-electron chi connectivity index (χ2n) is 5.61. The summed E-state index contributed by atoms with van der Waals surface area (Å²) in [4.78, 5) is 38.3. The molecule has 1 amide bonds. The molecule has 0 bridgehead atoms. The van der Waals surface area contributed by atoms with Crippen molar-refractivity contribution in [1.82, 2.24) is 9.80 Å². The molecule has 1 aliphatic heterocycles. The Morgan fingerprint density at radius 3 is 2.28 bits per heavy atom. The van der Waals surface area contributed by atoms with Crippen LogP contribution in [-0.2, 0) is 30.4 Å². The number of amides is 1. The summed E-state index contributed by atoms with van der Waals surface area (Å²) in [5.41, 5.74) is 1.24. The molecule has 1 fully saturated rings. The van der Waals surface area contributed by atoms with Crippen molar-refractivity contribution in [3.8, 4) is 0 Å². The van der Waals surface area contributed by atoms with Gasteiger partial charge in [-0.15, -0.1) is 0 Å². The molecule has 0 radical (unpaired) electrons. The summed E-state index contributed by atoms with van der Waals surface area (Å²) in [6.07, 6.45) is 1.89. The molecule has 0 saturated carbocycles. The summed E-state index contributed by atoms with van der Waals surface area (Å²) in [5, 5.41) is 0. The number of hydrogen-bond acceptors (Lipinski definition) is 6. The molecule has 134 valence electrons. The SMILES string of the molecule is COC(=O)/C=C/C(=O)OCC(=O)N1CCN(Cc2ccccc2)CC1. The third-order valence-electron chi connectivity index (χ3n) is 3.87. The maximum Gasteiger partial charge on any atom is 0.331 e. The first-order valence-corrected chi connectivity index (χ1v) is 8.05. The molecule has 25 heavy (non-hydrogen) atoms. The van der Waals surface area contributed by atoms with Gasteiger partial charge in [0.05, 0.1) is 7.11 Å². The number of nitrogens with zero attached hydrogens (tertiary/aromatic N) is 2. The van der Waals surface area contributed by atoms with Gasteiger partial charge < -0.3 is 14.4 Å². The molecule has 0 aliphatic carbocycles. The van der Waals surface area contributed by atoms with Crippen molar-refractivity contribution >= 4 is 17.8 Å². The first-order chi connectivity index (χ1) is 12.1. The van der Waals surface area contributed by atoms with E-state index in [-0.39, 0.29) is 12.5 Å². The minimum Gasteiger partial charge on any atom is -0.466 e. The van der Waals surface area contributed by atoms with Gasteiger partial charge in [0.15, 0.2) is 6.61 Å². The lowest BCUT2D eigenvalue weighted by Crippen LogP contribution is -2.49. The average molecular weight is 346 g/mol. The molecule has 0 unspecified atom stereocenters. The van der Waals surface area contributed by atoms with Gasteiger partial charge in [0, 0.05) is 44.9 Å². The van der Waals surface area contributed by atoms with Crippen LogP contribution < -0.4 is 0 Å². The molecule has 1 saturated heterocycles. The molecule has 1 heterocycles. The summed E-state index contributed by atoms with van der Waals surface area (Å²) < 4.78 is 9.20. The number of hydrogen-bond donors (Lipinski definition) is 0. The maximum absolute atomic E-state index is 12.1. The number of esters is 2. The topological polar surface area (TPSA) is 76.2 Å². The van der Waals surface area contributed by atoms with Crippen LogP contribution in [0, 0.1) is 0 Å². The molecular weight excluding hydrogens is 324 g/mol. The lowest BCUT2D eigenvalue weighted by Gasteiger charge is -2.34. The van der Waals surface area contributed by atoms with E-state index in [0.717, 1.165) is 31.8 Å². The van der Waals surface area contributed by atoms with Crippen molar-refractivity contribution in [3.05, 3.63) is 48.0 Å². The summed E-state index contributed by atoms with van der Waals surface area (Å²) in [6.45, 7) is 3.27. The Morgan fingerprint density at radius 2 is 1.64 bits per heavy atom. The fourth-order valence-electron chi connectivity index (χ4n) is 2.47. The van der Waals surface area contributed by atoms with Crippen LogP contribution in [0.2, 0.25) is 0 Å². The second kappa shape index (κ2) is 9.58. The molecule has 0 aromatic heterocycles. The normalized spacial score (nSPS) is 15.2. The lowest BCUT2D eigenvalue weighted by molar-refractivity contribution is -0.149. The predicted octanol–water partition coefficient (Wildman–Crippen LogP) is 0.603. The van der Waals surface area contributed by atoms with Gasteiger partial charge in [0.2, 0.25) is 0 Å². The van der Waals surface area contributed by atoms with E-state index in [1.165, 1.54) is 12.7 Å². The van der Waals surface area contributed by atoms with Crippen molar-refractivity contribution < 1.29 is 23.9 Å². The van der Waals surface area contributed by atoms with Gasteiger partial charge in [-0.05, 0) is 5.56 Å². The quantitative estimate of drug-likeness (QED) is 0.555. The molecule has 0 atom stereocenters. The first-order valence-electron chi connectivity index (χ1n) is 8.05. The van der Waals surface area contributed by atoms with E-state index in [1.807, 2.05) is 18.2 Å². The van der Waals surface area contributed by atoms with Crippen LogP contribution >= 0.6 is 0 Å². The van der Waals surface area contributed by atoms with Crippen LogP contribution in [0.3, 0.4) is 0 Å².